The van der Waals surface area contributed by atoms with Crippen LogP contribution < -0.4 is 5.73 Å². The second kappa shape index (κ2) is 5.59. The zero-order valence-electron chi connectivity index (χ0n) is 13.4. The minimum atomic E-state index is -0.813. The number of hydrogen-bond donors (Lipinski definition) is 2. The predicted molar refractivity (Wildman–Crippen MR) is 80.7 cm³/mol. The molecule has 120 valence electrons. The van der Waals surface area contributed by atoms with E-state index < -0.39 is 16.9 Å². The molecule has 2 aliphatic rings. The van der Waals surface area contributed by atoms with Crippen molar-refractivity contribution in [2.24, 2.45) is 23.0 Å². The topological polar surface area (TPSA) is 83.6 Å². The summed E-state index contributed by atoms with van der Waals surface area (Å²) in [4.78, 5) is 26.2. The van der Waals surface area contributed by atoms with Crippen LogP contribution in [-0.2, 0) is 9.59 Å². The molecule has 1 heterocycles. The third-order valence-corrected chi connectivity index (χ3v) is 5.58. The second-order valence-electron chi connectivity index (χ2n) is 7.45. The molecule has 0 spiro atoms. The van der Waals surface area contributed by atoms with Crippen LogP contribution in [0.15, 0.2) is 0 Å². The SMILES string of the molecule is CC1CCCC(N)(C(=O)N2CCC(C(=O)O)(C(C)C)C2)C1. The monoisotopic (exact) mass is 296 g/mol. The molecule has 2 fully saturated rings. The van der Waals surface area contributed by atoms with Crippen molar-refractivity contribution in [2.45, 2.75) is 58.4 Å². The molecule has 1 aliphatic carbocycles. The van der Waals surface area contributed by atoms with Crippen molar-refractivity contribution in [3.8, 4) is 0 Å². The minimum Gasteiger partial charge on any atom is -0.481 e. The summed E-state index contributed by atoms with van der Waals surface area (Å²) in [6.45, 7) is 6.78. The van der Waals surface area contributed by atoms with E-state index >= 15 is 0 Å². The Morgan fingerprint density at radius 3 is 2.48 bits per heavy atom. The molecule has 0 aromatic rings. The first-order chi connectivity index (χ1) is 9.71. The van der Waals surface area contributed by atoms with Crippen molar-refractivity contribution in [2.75, 3.05) is 13.1 Å². The normalized spacial score (nSPS) is 37.0. The molecular formula is C16H28N2O3. The number of carboxylic acid groups (broad SMARTS) is 1. The first kappa shape index (κ1) is 16.3. The molecule has 5 heteroatoms. The Bertz CT molecular complexity index is 437. The van der Waals surface area contributed by atoms with Crippen molar-refractivity contribution in [3.63, 3.8) is 0 Å². The number of rotatable bonds is 3. The van der Waals surface area contributed by atoms with Crippen LogP contribution in [0.3, 0.4) is 0 Å². The van der Waals surface area contributed by atoms with Gasteiger partial charge in [0.05, 0.1) is 11.0 Å². The summed E-state index contributed by atoms with van der Waals surface area (Å²) in [6.07, 6.45) is 4.05. The summed E-state index contributed by atoms with van der Waals surface area (Å²) in [7, 11) is 0. The van der Waals surface area contributed by atoms with E-state index in [-0.39, 0.29) is 11.8 Å². The Hall–Kier alpha value is -1.10. The fourth-order valence-electron chi connectivity index (χ4n) is 4.00. The summed E-state index contributed by atoms with van der Waals surface area (Å²) in [5, 5.41) is 9.58. The highest BCUT2D eigenvalue weighted by Gasteiger charge is 2.51. The average Bonchev–Trinajstić information content (AvgIpc) is 2.83. The van der Waals surface area contributed by atoms with Gasteiger partial charge in [-0.2, -0.15) is 0 Å². The molecule has 1 amide bonds. The summed E-state index contributed by atoms with van der Waals surface area (Å²) in [6, 6.07) is 0. The Kier molecular flexibility index (Phi) is 4.34. The summed E-state index contributed by atoms with van der Waals surface area (Å²) in [5.41, 5.74) is 4.77. The molecule has 0 radical (unpaired) electrons. The summed E-state index contributed by atoms with van der Waals surface area (Å²) >= 11 is 0. The van der Waals surface area contributed by atoms with Crippen LogP contribution in [0.25, 0.3) is 0 Å². The second-order valence-corrected chi connectivity index (χ2v) is 7.45. The summed E-state index contributed by atoms with van der Waals surface area (Å²) < 4.78 is 0. The number of nitrogens with two attached hydrogens (primary N) is 1. The lowest BCUT2D eigenvalue weighted by Crippen LogP contribution is -2.57. The number of carboxylic acids is 1. The van der Waals surface area contributed by atoms with Crippen molar-refractivity contribution < 1.29 is 14.7 Å². The Labute approximate surface area is 126 Å². The van der Waals surface area contributed by atoms with Gasteiger partial charge in [0.25, 0.3) is 0 Å². The lowest BCUT2D eigenvalue weighted by atomic mass is 9.75. The molecule has 3 atom stereocenters. The number of likely N-dealkylation sites (tertiary alicyclic amines) is 1. The lowest BCUT2D eigenvalue weighted by molar-refractivity contribution is -0.151. The first-order valence-electron chi connectivity index (χ1n) is 8.03. The molecule has 1 aliphatic heterocycles. The van der Waals surface area contributed by atoms with Crippen LogP contribution >= 0.6 is 0 Å². The van der Waals surface area contributed by atoms with E-state index in [1.54, 1.807) is 4.90 Å². The van der Waals surface area contributed by atoms with E-state index in [0.717, 1.165) is 12.8 Å². The van der Waals surface area contributed by atoms with Gasteiger partial charge < -0.3 is 15.7 Å². The van der Waals surface area contributed by atoms with Crippen molar-refractivity contribution >= 4 is 11.9 Å². The maximum Gasteiger partial charge on any atom is 0.311 e. The maximum absolute atomic E-state index is 12.8. The predicted octanol–water partition coefficient (Wildman–Crippen LogP) is 1.85. The van der Waals surface area contributed by atoms with Gasteiger partial charge in [0.15, 0.2) is 0 Å². The third-order valence-electron chi connectivity index (χ3n) is 5.58. The van der Waals surface area contributed by atoms with E-state index in [4.69, 9.17) is 5.73 Å². The van der Waals surface area contributed by atoms with E-state index in [9.17, 15) is 14.7 Å². The van der Waals surface area contributed by atoms with E-state index in [1.165, 1.54) is 0 Å². The van der Waals surface area contributed by atoms with Gasteiger partial charge in [-0.1, -0.05) is 33.6 Å². The van der Waals surface area contributed by atoms with Gasteiger partial charge in [0.1, 0.15) is 0 Å². The van der Waals surface area contributed by atoms with Crippen molar-refractivity contribution in [1.29, 1.82) is 0 Å². The molecule has 21 heavy (non-hydrogen) atoms. The molecule has 0 bridgehead atoms. The molecule has 1 saturated heterocycles. The van der Waals surface area contributed by atoms with Crippen LogP contribution in [-0.4, -0.2) is 40.5 Å². The van der Waals surface area contributed by atoms with E-state index in [0.29, 0.717) is 38.3 Å². The van der Waals surface area contributed by atoms with Gasteiger partial charge in [0.2, 0.25) is 5.91 Å². The minimum absolute atomic E-state index is 0.00630. The highest BCUT2D eigenvalue weighted by atomic mass is 16.4. The van der Waals surface area contributed by atoms with Gasteiger partial charge in [-0.3, -0.25) is 9.59 Å². The van der Waals surface area contributed by atoms with Crippen molar-refractivity contribution in [1.82, 2.24) is 4.90 Å². The number of carbonyl (C=O) groups is 2. The van der Waals surface area contributed by atoms with E-state index in [2.05, 4.69) is 6.92 Å². The number of aliphatic carboxylic acids is 1. The number of hydrogen-bond acceptors (Lipinski definition) is 3. The average molecular weight is 296 g/mol. The zero-order valence-corrected chi connectivity index (χ0v) is 13.4. The number of nitrogens with zero attached hydrogens (tertiary/aromatic N) is 1. The van der Waals surface area contributed by atoms with Gasteiger partial charge in [-0.15, -0.1) is 0 Å². The molecule has 3 unspecified atom stereocenters. The fourth-order valence-corrected chi connectivity index (χ4v) is 4.00. The van der Waals surface area contributed by atoms with Crippen LogP contribution in [0.2, 0.25) is 0 Å². The zero-order chi connectivity index (χ0) is 15.8. The van der Waals surface area contributed by atoms with Gasteiger partial charge >= 0.3 is 5.97 Å². The molecule has 5 nitrogen and oxygen atoms in total. The molecule has 0 aromatic carbocycles. The van der Waals surface area contributed by atoms with E-state index in [1.807, 2.05) is 13.8 Å². The fraction of sp³-hybridized carbons (Fsp3) is 0.875. The molecule has 1 saturated carbocycles. The highest BCUT2D eigenvalue weighted by Crippen LogP contribution is 2.40. The maximum atomic E-state index is 12.8. The lowest BCUT2D eigenvalue weighted by Gasteiger charge is -2.38. The first-order valence-corrected chi connectivity index (χ1v) is 8.03. The number of carbonyl (C=O) groups excluding carboxylic acids is 1. The summed E-state index contributed by atoms with van der Waals surface area (Å²) in [5.74, 6) is -0.370. The Balaban J connectivity index is 2.13. The van der Waals surface area contributed by atoms with Crippen molar-refractivity contribution in [3.05, 3.63) is 0 Å². The van der Waals surface area contributed by atoms with Gasteiger partial charge in [-0.25, -0.2) is 0 Å². The van der Waals surface area contributed by atoms with Crippen LogP contribution in [0.5, 0.6) is 0 Å². The third kappa shape index (κ3) is 2.80. The highest BCUT2D eigenvalue weighted by molar-refractivity contribution is 5.88. The molecule has 2 rings (SSSR count). The Morgan fingerprint density at radius 1 is 1.33 bits per heavy atom. The quantitative estimate of drug-likeness (QED) is 0.832. The molecular weight excluding hydrogens is 268 g/mol. The number of amides is 1. The standard InChI is InChI=1S/C16H28N2O3/c1-11(2)15(14(20)21)7-8-18(10-15)13(19)16(17)6-4-5-12(3)9-16/h11-12H,4-10,17H2,1-3H3,(H,20,21). The van der Waals surface area contributed by atoms with Crippen LogP contribution in [0.4, 0.5) is 0 Å². The van der Waals surface area contributed by atoms with Crippen LogP contribution in [0.1, 0.15) is 52.9 Å². The largest absolute Gasteiger partial charge is 0.481 e. The Morgan fingerprint density at radius 2 is 2.00 bits per heavy atom. The smallest absolute Gasteiger partial charge is 0.311 e. The molecule has 3 N–H and O–H groups in total. The van der Waals surface area contributed by atoms with Gasteiger partial charge in [-0.05, 0) is 31.1 Å². The molecule has 0 aromatic heterocycles. The van der Waals surface area contributed by atoms with Crippen LogP contribution in [0, 0.1) is 17.3 Å². The van der Waals surface area contributed by atoms with Gasteiger partial charge in [0, 0.05) is 13.1 Å².